The number of Topliss-reactive ketones (excluding diaryl/α,β-unsaturated/α-hetero) is 1. The van der Waals surface area contributed by atoms with Crippen molar-refractivity contribution in [2.75, 3.05) is 25.2 Å². The Morgan fingerprint density at radius 1 is 1.13 bits per heavy atom. The zero-order chi connectivity index (χ0) is 32.4. The predicted molar refractivity (Wildman–Crippen MR) is 170 cm³/mol. The number of carbonyl (C=O) groups excluding carboxylic acids is 3. The first-order valence-electron chi connectivity index (χ1n) is 14.4. The van der Waals surface area contributed by atoms with Crippen LogP contribution in [0.3, 0.4) is 0 Å². The third-order valence-electron chi connectivity index (χ3n) is 7.34. The van der Waals surface area contributed by atoms with Crippen LogP contribution in [0.25, 0.3) is 11.4 Å². The number of aryl methyl sites for hydroxylation is 2. The number of aliphatic hydroxyl groups excluding tert-OH is 1. The van der Waals surface area contributed by atoms with Crippen molar-refractivity contribution in [2.45, 2.75) is 40.2 Å². The lowest BCUT2D eigenvalue weighted by atomic mass is 9.96. The number of ether oxygens (including phenoxy) is 3. The fourth-order valence-electron chi connectivity index (χ4n) is 5.12. The van der Waals surface area contributed by atoms with Gasteiger partial charge >= 0.3 is 11.9 Å². The van der Waals surface area contributed by atoms with Crippen LogP contribution in [-0.4, -0.2) is 57.5 Å². The Bertz CT molecular complexity index is 1840. The van der Waals surface area contributed by atoms with Gasteiger partial charge < -0.3 is 19.3 Å². The number of benzene rings is 1. The maximum Gasteiger partial charge on any atom is 0.350 e. The molecular weight excluding hydrogens is 596 g/mol. The molecule has 11 nitrogen and oxygen atoms in total. The number of thiazole rings is 1. The van der Waals surface area contributed by atoms with Gasteiger partial charge in [-0.1, -0.05) is 50.0 Å². The molecular formula is C33H34N4O7S. The Kier molecular flexibility index (Phi) is 9.05. The van der Waals surface area contributed by atoms with E-state index in [-0.39, 0.29) is 27.9 Å². The number of aromatic nitrogens is 3. The van der Waals surface area contributed by atoms with Gasteiger partial charge in [-0.3, -0.25) is 18.9 Å². The normalized spacial score (nSPS) is 16.0. The van der Waals surface area contributed by atoms with Crippen molar-refractivity contribution in [2.24, 2.45) is 5.92 Å². The molecule has 0 spiro atoms. The van der Waals surface area contributed by atoms with Crippen LogP contribution in [0.1, 0.15) is 58.6 Å². The number of nitrogens with zero attached hydrogens (tertiary/aromatic N) is 4. The molecule has 1 saturated heterocycles. The van der Waals surface area contributed by atoms with Gasteiger partial charge in [-0.15, -0.1) is 0 Å². The van der Waals surface area contributed by atoms with Gasteiger partial charge in [0.2, 0.25) is 0 Å². The van der Waals surface area contributed by atoms with Gasteiger partial charge in [0.1, 0.15) is 22.8 Å². The number of hydrogen-bond acceptors (Lipinski definition) is 10. The van der Waals surface area contributed by atoms with E-state index in [2.05, 4.69) is 30.4 Å². The van der Waals surface area contributed by atoms with Crippen molar-refractivity contribution >= 4 is 45.5 Å². The summed E-state index contributed by atoms with van der Waals surface area (Å²) in [6.45, 7) is 11.6. The fourth-order valence-corrected chi connectivity index (χ4v) is 6.11. The van der Waals surface area contributed by atoms with Gasteiger partial charge in [0.05, 0.1) is 36.7 Å². The standard InChI is InChI=1S/C33H34N4O7S/c1-7-15-44-32(41)30-20(5)35-33(45-30)37-27(21-11-12-22(23(17-21)42-6)43-16-13-18(2)3)25(29(39)31(37)40)28(38)26-19(4)34-24-10-8-9-14-36(24)26/h7-12,14,17-18,27,38H,1,13,15-16H2,2-6H3/b28-25+. The zero-order valence-electron chi connectivity index (χ0n) is 25.7. The molecule has 12 heteroatoms. The number of imidazole rings is 1. The number of aliphatic hydroxyl groups is 1. The summed E-state index contributed by atoms with van der Waals surface area (Å²) >= 11 is 0.919. The number of amides is 1. The average Bonchev–Trinajstić information content (AvgIpc) is 3.65. The van der Waals surface area contributed by atoms with Crippen molar-refractivity contribution in [3.05, 3.63) is 88.3 Å². The Hall–Kier alpha value is -4.97. The minimum absolute atomic E-state index is 0.0000597. The number of ketones is 1. The van der Waals surface area contributed by atoms with Crippen LogP contribution >= 0.6 is 11.3 Å². The summed E-state index contributed by atoms with van der Waals surface area (Å²) in [6, 6.07) is 9.32. The lowest BCUT2D eigenvalue weighted by Crippen LogP contribution is -2.29. The van der Waals surface area contributed by atoms with Gasteiger partial charge in [-0.05, 0) is 56.0 Å². The second-order valence-electron chi connectivity index (χ2n) is 10.9. The number of esters is 1. The van der Waals surface area contributed by atoms with Crippen molar-refractivity contribution in [3.8, 4) is 11.5 Å². The third-order valence-corrected chi connectivity index (χ3v) is 8.47. The lowest BCUT2D eigenvalue weighted by molar-refractivity contribution is -0.132. The molecule has 1 atom stereocenters. The molecule has 234 valence electrons. The van der Waals surface area contributed by atoms with Crippen LogP contribution in [0.4, 0.5) is 5.13 Å². The number of carbonyl (C=O) groups is 3. The van der Waals surface area contributed by atoms with E-state index in [1.807, 2.05) is 6.07 Å². The van der Waals surface area contributed by atoms with Crippen molar-refractivity contribution in [1.29, 1.82) is 0 Å². The molecule has 1 aliphatic rings. The molecule has 1 aromatic carbocycles. The van der Waals surface area contributed by atoms with Crippen LogP contribution in [0.2, 0.25) is 0 Å². The van der Waals surface area contributed by atoms with Crippen LogP contribution in [-0.2, 0) is 14.3 Å². The number of fused-ring (bicyclic) bond motifs is 1. The number of anilines is 1. The van der Waals surface area contributed by atoms with Gasteiger partial charge in [0.25, 0.3) is 5.78 Å². The van der Waals surface area contributed by atoms with Crippen LogP contribution < -0.4 is 14.4 Å². The lowest BCUT2D eigenvalue weighted by Gasteiger charge is -2.24. The molecule has 1 unspecified atom stereocenters. The smallest absolute Gasteiger partial charge is 0.350 e. The molecule has 3 aromatic heterocycles. The highest BCUT2D eigenvalue weighted by Gasteiger charge is 2.49. The Morgan fingerprint density at radius 2 is 1.91 bits per heavy atom. The first-order chi connectivity index (χ1) is 21.6. The number of pyridine rings is 1. The SMILES string of the molecule is C=CCOC(=O)c1sc(N2C(=O)C(=O)/C(=C(/O)c3c(C)nc4ccccn34)C2c2ccc(OCCC(C)C)c(OC)c2)nc1C. The highest BCUT2D eigenvalue weighted by Crippen LogP contribution is 2.46. The molecule has 1 N–H and O–H groups in total. The first kappa shape index (κ1) is 31.5. The van der Waals surface area contributed by atoms with Crippen molar-refractivity contribution < 1.29 is 33.7 Å². The van der Waals surface area contributed by atoms with Crippen LogP contribution in [0.15, 0.2) is 60.8 Å². The van der Waals surface area contributed by atoms with Crippen molar-refractivity contribution in [1.82, 2.24) is 14.4 Å². The Morgan fingerprint density at radius 3 is 2.62 bits per heavy atom. The summed E-state index contributed by atoms with van der Waals surface area (Å²) in [6.07, 6.45) is 4.00. The molecule has 1 aliphatic heterocycles. The van der Waals surface area contributed by atoms with E-state index >= 15 is 0 Å². The predicted octanol–water partition coefficient (Wildman–Crippen LogP) is 5.81. The monoisotopic (exact) mass is 630 g/mol. The summed E-state index contributed by atoms with van der Waals surface area (Å²) in [5, 5.41) is 11.9. The second kappa shape index (κ2) is 12.9. The van der Waals surface area contributed by atoms with Gasteiger partial charge in [-0.2, -0.15) is 0 Å². The Labute approximate surface area is 264 Å². The molecule has 0 radical (unpaired) electrons. The summed E-state index contributed by atoms with van der Waals surface area (Å²) < 4.78 is 18.5. The molecule has 1 fully saturated rings. The molecule has 0 saturated carbocycles. The molecule has 0 aliphatic carbocycles. The number of rotatable bonds is 11. The van der Waals surface area contributed by atoms with E-state index in [9.17, 15) is 19.5 Å². The highest BCUT2D eigenvalue weighted by atomic mass is 32.1. The van der Waals surface area contributed by atoms with Gasteiger partial charge in [0, 0.05) is 6.20 Å². The summed E-state index contributed by atoms with van der Waals surface area (Å²) in [5.41, 5.74) is 1.93. The largest absolute Gasteiger partial charge is 0.505 e. The molecule has 0 bridgehead atoms. The van der Waals surface area contributed by atoms with E-state index in [1.165, 1.54) is 18.1 Å². The van der Waals surface area contributed by atoms with E-state index in [0.717, 1.165) is 17.8 Å². The third kappa shape index (κ3) is 5.93. The first-order valence-corrected chi connectivity index (χ1v) is 15.2. The molecule has 1 amide bonds. The minimum atomic E-state index is -1.13. The molecule has 45 heavy (non-hydrogen) atoms. The Balaban J connectivity index is 1.69. The van der Waals surface area contributed by atoms with Crippen LogP contribution in [0, 0.1) is 19.8 Å². The molecule has 4 aromatic rings. The maximum atomic E-state index is 13.8. The highest BCUT2D eigenvalue weighted by molar-refractivity contribution is 7.17. The van der Waals surface area contributed by atoms with E-state index in [0.29, 0.717) is 46.6 Å². The number of hydrogen-bond donors (Lipinski definition) is 1. The quantitative estimate of drug-likeness (QED) is 0.0717. The summed E-state index contributed by atoms with van der Waals surface area (Å²) in [5.74, 6) is -1.53. The summed E-state index contributed by atoms with van der Waals surface area (Å²) in [4.78, 5) is 50.7. The summed E-state index contributed by atoms with van der Waals surface area (Å²) in [7, 11) is 1.50. The van der Waals surface area contributed by atoms with E-state index in [1.54, 1.807) is 54.8 Å². The number of methoxy groups -OCH3 is 1. The second-order valence-corrected chi connectivity index (χ2v) is 11.9. The topological polar surface area (TPSA) is 133 Å². The van der Waals surface area contributed by atoms with Gasteiger partial charge in [-0.25, -0.2) is 14.8 Å². The molecule has 5 rings (SSSR count). The molecule has 4 heterocycles. The fraction of sp³-hybridized carbons (Fsp3) is 0.303. The van der Waals surface area contributed by atoms with E-state index < -0.39 is 29.5 Å². The van der Waals surface area contributed by atoms with E-state index in [4.69, 9.17) is 14.2 Å². The van der Waals surface area contributed by atoms with Gasteiger partial charge in [0.15, 0.2) is 22.4 Å². The van der Waals surface area contributed by atoms with Crippen LogP contribution in [0.5, 0.6) is 11.5 Å². The minimum Gasteiger partial charge on any atom is -0.505 e. The average molecular weight is 631 g/mol. The zero-order valence-corrected chi connectivity index (χ0v) is 26.5. The van der Waals surface area contributed by atoms with Crippen molar-refractivity contribution in [3.63, 3.8) is 0 Å². The maximum absolute atomic E-state index is 13.8.